The highest BCUT2D eigenvalue weighted by Crippen LogP contribution is 2.32. The van der Waals surface area contributed by atoms with Gasteiger partial charge in [-0.15, -0.1) is 11.8 Å². The topological polar surface area (TPSA) is 17.1 Å². The molecule has 0 fully saturated rings. The van der Waals surface area contributed by atoms with Gasteiger partial charge in [0.15, 0.2) is 6.29 Å². The lowest BCUT2D eigenvalue weighted by Gasteiger charge is -2.04. The van der Waals surface area contributed by atoms with Gasteiger partial charge in [-0.25, -0.2) is 0 Å². The van der Waals surface area contributed by atoms with Crippen LogP contribution in [0.5, 0.6) is 0 Å². The number of thioether (sulfide) groups is 1. The van der Waals surface area contributed by atoms with Crippen molar-refractivity contribution in [2.24, 2.45) is 0 Å². The summed E-state index contributed by atoms with van der Waals surface area (Å²) in [7, 11) is 0. The number of halogens is 2. The molecule has 4 heteroatoms. The van der Waals surface area contributed by atoms with E-state index in [1.165, 1.54) is 11.8 Å². The van der Waals surface area contributed by atoms with E-state index in [2.05, 4.69) is 15.9 Å². The van der Waals surface area contributed by atoms with Gasteiger partial charge in [-0.1, -0.05) is 27.5 Å². The van der Waals surface area contributed by atoms with Crippen molar-refractivity contribution in [1.82, 2.24) is 0 Å². The molecule has 0 bridgehead atoms. The SMILES string of the molecule is CSc1c(Cl)ccc(Br)c1C=O. The minimum absolute atomic E-state index is 0.618. The fourth-order valence-electron chi connectivity index (χ4n) is 0.866. The Morgan fingerprint density at radius 1 is 1.58 bits per heavy atom. The molecule has 1 nitrogen and oxygen atoms in total. The standard InChI is InChI=1S/C8H6BrClOS/c1-12-8-5(4-11)6(9)2-3-7(8)10/h2-4H,1H3. The van der Waals surface area contributed by atoms with Crippen molar-refractivity contribution in [3.05, 3.63) is 27.2 Å². The third kappa shape index (κ3) is 1.84. The van der Waals surface area contributed by atoms with Crippen LogP contribution in [0.3, 0.4) is 0 Å². The van der Waals surface area contributed by atoms with Gasteiger partial charge < -0.3 is 0 Å². The van der Waals surface area contributed by atoms with Gasteiger partial charge in [-0.2, -0.15) is 0 Å². The van der Waals surface area contributed by atoms with Crippen molar-refractivity contribution in [3.8, 4) is 0 Å². The maximum absolute atomic E-state index is 10.7. The number of benzene rings is 1. The number of aldehydes is 1. The lowest BCUT2D eigenvalue weighted by molar-refractivity contribution is 0.112. The van der Waals surface area contributed by atoms with Crippen molar-refractivity contribution < 1.29 is 4.79 Å². The van der Waals surface area contributed by atoms with Crippen LogP contribution in [0.15, 0.2) is 21.5 Å². The zero-order valence-corrected chi connectivity index (χ0v) is 9.46. The smallest absolute Gasteiger partial charge is 0.152 e. The van der Waals surface area contributed by atoms with Gasteiger partial charge in [-0.05, 0) is 18.4 Å². The summed E-state index contributed by atoms with van der Waals surface area (Å²) in [6.07, 6.45) is 2.70. The summed E-state index contributed by atoms with van der Waals surface area (Å²) in [5.41, 5.74) is 0.620. The van der Waals surface area contributed by atoms with E-state index in [1.54, 1.807) is 12.1 Å². The molecule has 64 valence electrons. The molecular formula is C8H6BrClOS. The minimum atomic E-state index is 0.618. The highest BCUT2D eigenvalue weighted by molar-refractivity contribution is 9.10. The third-order valence-corrected chi connectivity index (χ3v) is 3.38. The van der Waals surface area contributed by atoms with Crippen LogP contribution in [0, 0.1) is 0 Å². The van der Waals surface area contributed by atoms with Gasteiger partial charge in [0.2, 0.25) is 0 Å². The highest BCUT2D eigenvalue weighted by atomic mass is 79.9. The second-order valence-corrected chi connectivity index (χ2v) is 4.17. The molecule has 1 rings (SSSR count). The molecule has 0 heterocycles. The second-order valence-electron chi connectivity index (χ2n) is 2.09. The number of carbonyl (C=O) groups excluding carboxylic acids is 1. The second kappa shape index (κ2) is 4.30. The zero-order valence-electron chi connectivity index (χ0n) is 6.30. The van der Waals surface area contributed by atoms with Crippen molar-refractivity contribution >= 4 is 45.6 Å². The fraction of sp³-hybridized carbons (Fsp3) is 0.125. The Kier molecular flexibility index (Phi) is 3.62. The summed E-state index contributed by atoms with van der Waals surface area (Å²) < 4.78 is 0.784. The van der Waals surface area contributed by atoms with Crippen molar-refractivity contribution in [2.45, 2.75) is 4.90 Å². The highest BCUT2D eigenvalue weighted by Gasteiger charge is 2.08. The molecule has 0 aliphatic heterocycles. The average Bonchev–Trinajstić information content (AvgIpc) is 2.08. The first-order valence-electron chi connectivity index (χ1n) is 3.18. The first-order valence-corrected chi connectivity index (χ1v) is 5.57. The summed E-state index contributed by atoms with van der Waals surface area (Å²) in [5.74, 6) is 0. The monoisotopic (exact) mass is 264 g/mol. The van der Waals surface area contributed by atoms with E-state index in [-0.39, 0.29) is 0 Å². The number of carbonyl (C=O) groups is 1. The zero-order chi connectivity index (χ0) is 9.14. The number of rotatable bonds is 2. The molecule has 1 aromatic carbocycles. The normalized spacial score (nSPS) is 9.92. The molecule has 0 radical (unpaired) electrons. The van der Waals surface area contributed by atoms with Crippen LogP contribution in [0.1, 0.15) is 10.4 Å². The molecule has 0 aromatic heterocycles. The van der Waals surface area contributed by atoms with E-state index in [0.29, 0.717) is 10.6 Å². The first kappa shape index (κ1) is 10.1. The van der Waals surface area contributed by atoms with Crippen LogP contribution in [0.25, 0.3) is 0 Å². The van der Waals surface area contributed by atoms with Gasteiger partial charge in [0.25, 0.3) is 0 Å². The predicted octanol–water partition coefficient (Wildman–Crippen LogP) is 3.64. The molecule has 0 saturated heterocycles. The summed E-state index contributed by atoms with van der Waals surface area (Å²) in [6, 6.07) is 3.54. The number of hydrogen-bond donors (Lipinski definition) is 0. The third-order valence-electron chi connectivity index (χ3n) is 1.42. The molecule has 0 atom stereocenters. The van der Waals surface area contributed by atoms with E-state index in [4.69, 9.17) is 11.6 Å². The van der Waals surface area contributed by atoms with Crippen LogP contribution in [-0.2, 0) is 0 Å². The fourth-order valence-corrected chi connectivity index (χ4v) is 2.46. The largest absolute Gasteiger partial charge is 0.298 e. The van der Waals surface area contributed by atoms with Crippen LogP contribution < -0.4 is 0 Å². The lowest BCUT2D eigenvalue weighted by Crippen LogP contribution is -1.87. The summed E-state index contributed by atoms with van der Waals surface area (Å²) in [5, 5.41) is 0.618. The van der Waals surface area contributed by atoms with Gasteiger partial charge in [-0.3, -0.25) is 4.79 Å². The van der Waals surface area contributed by atoms with Crippen molar-refractivity contribution in [1.29, 1.82) is 0 Å². The van der Waals surface area contributed by atoms with Gasteiger partial charge >= 0.3 is 0 Å². The Morgan fingerprint density at radius 2 is 2.25 bits per heavy atom. The van der Waals surface area contributed by atoms with E-state index >= 15 is 0 Å². The van der Waals surface area contributed by atoms with E-state index in [0.717, 1.165) is 15.7 Å². The summed E-state index contributed by atoms with van der Waals surface area (Å²) in [4.78, 5) is 11.5. The maximum atomic E-state index is 10.7. The van der Waals surface area contributed by atoms with Crippen molar-refractivity contribution in [3.63, 3.8) is 0 Å². The maximum Gasteiger partial charge on any atom is 0.152 e. The van der Waals surface area contributed by atoms with Crippen LogP contribution in [-0.4, -0.2) is 12.5 Å². The Hall–Kier alpha value is 0.01000. The minimum Gasteiger partial charge on any atom is -0.298 e. The van der Waals surface area contributed by atoms with E-state index in [9.17, 15) is 4.79 Å². The molecule has 0 aliphatic rings. The molecule has 0 N–H and O–H groups in total. The molecule has 0 spiro atoms. The van der Waals surface area contributed by atoms with E-state index < -0.39 is 0 Å². The predicted molar refractivity (Wildman–Crippen MR) is 56.3 cm³/mol. The molecule has 0 amide bonds. The molecule has 1 aromatic rings. The number of hydrogen-bond acceptors (Lipinski definition) is 2. The van der Waals surface area contributed by atoms with Gasteiger partial charge in [0.05, 0.1) is 5.02 Å². The Morgan fingerprint density at radius 3 is 2.67 bits per heavy atom. The van der Waals surface area contributed by atoms with Crippen LogP contribution >= 0.6 is 39.3 Å². The molecule has 0 unspecified atom stereocenters. The van der Waals surface area contributed by atoms with Gasteiger partial charge in [0, 0.05) is 14.9 Å². The average molecular weight is 266 g/mol. The summed E-state index contributed by atoms with van der Waals surface area (Å²) in [6.45, 7) is 0. The van der Waals surface area contributed by atoms with Crippen molar-refractivity contribution in [2.75, 3.05) is 6.26 Å². The molecule has 0 aliphatic carbocycles. The van der Waals surface area contributed by atoms with Crippen LogP contribution in [0.4, 0.5) is 0 Å². The molecule has 12 heavy (non-hydrogen) atoms. The molecular weight excluding hydrogens is 260 g/mol. The van der Waals surface area contributed by atoms with E-state index in [1.807, 2.05) is 6.26 Å². The quantitative estimate of drug-likeness (QED) is 0.600. The Labute approximate surface area is 88.6 Å². The lowest BCUT2D eigenvalue weighted by atomic mass is 10.2. The summed E-state index contributed by atoms with van der Waals surface area (Å²) >= 11 is 10.6. The Balaban J connectivity index is 3.38. The first-order chi connectivity index (χ1) is 5.70. The van der Waals surface area contributed by atoms with Crippen LogP contribution in [0.2, 0.25) is 5.02 Å². The Bertz CT molecular complexity index is 314. The molecule has 0 saturated carbocycles. The van der Waals surface area contributed by atoms with Gasteiger partial charge in [0.1, 0.15) is 0 Å².